The first-order valence-corrected chi connectivity index (χ1v) is 8.87. The number of benzene rings is 1. The predicted molar refractivity (Wildman–Crippen MR) is 81.6 cm³/mol. The molecule has 0 spiro atoms. The zero-order valence-electron chi connectivity index (χ0n) is 12.1. The summed E-state index contributed by atoms with van der Waals surface area (Å²) in [6, 6.07) is 7.44. The van der Waals surface area contributed by atoms with Gasteiger partial charge in [0.05, 0.1) is 5.75 Å². The van der Waals surface area contributed by atoms with E-state index in [2.05, 4.69) is 4.72 Å². The van der Waals surface area contributed by atoms with Crippen LogP contribution in [-0.4, -0.2) is 14.0 Å². The highest BCUT2D eigenvalue weighted by atomic mass is 32.2. The Morgan fingerprint density at radius 3 is 2.20 bits per heavy atom. The van der Waals surface area contributed by atoms with E-state index in [1.165, 1.54) is 6.42 Å². The van der Waals surface area contributed by atoms with Crippen molar-refractivity contribution in [2.75, 3.05) is 0 Å². The number of hydrogen-bond acceptors (Lipinski definition) is 3. The summed E-state index contributed by atoms with van der Waals surface area (Å²) in [5.41, 5.74) is 7.08. The topological polar surface area (TPSA) is 72.2 Å². The molecule has 2 rings (SSSR count). The molecular weight excluding hydrogens is 272 g/mol. The van der Waals surface area contributed by atoms with Crippen molar-refractivity contribution in [1.29, 1.82) is 0 Å². The van der Waals surface area contributed by atoms with E-state index in [0.717, 1.165) is 36.8 Å². The highest BCUT2D eigenvalue weighted by Crippen LogP contribution is 2.28. The lowest BCUT2D eigenvalue weighted by molar-refractivity contribution is 0.294. The van der Waals surface area contributed by atoms with Gasteiger partial charge < -0.3 is 5.73 Å². The van der Waals surface area contributed by atoms with E-state index >= 15 is 0 Å². The second kappa shape index (κ2) is 6.24. The molecule has 5 heteroatoms. The Morgan fingerprint density at radius 2 is 1.65 bits per heavy atom. The van der Waals surface area contributed by atoms with Crippen LogP contribution < -0.4 is 10.5 Å². The fraction of sp³-hybridized carbons (Fsp3) is 0.600. The number of nitrogens with two attached hydrogens (primary N) is 1. The van der Waals surface area contributed by atoms with Crippen LogP contribution in [0.2, 0.25) is 0 Å². The van der Waals surface area contributed by atoms with Crippen LogP contribution in [0.1, 0.15) is 50.2 Å². The van der Waals surface area contributed by atoms with E-state index in [-0.39, 0.29) is 11.3 Å². The van der Waals surface area contributed by atoms with Crippen molar-refractivity contribution in [1.82, 2.24) is 4.72 Å². The van der Waals surface area contributed by atoms with Gasteiger partial charge in [-0.25, -0.2) is 13.1 Å². The normalized spacial score (nSPS) is 18.9. The lowest BCUT2D eigenvalue weighted by Crippen LogP contribution is -2.47. The van der Waals surface area contributed by atoms with Gasteiger partial charge in [-0.15, -0.1) is 0 Å². The van der Waals surface area contributed by atoms with E-state index in [4.69, 9.17) is 5.73 Å². The minimum Gasteiger partial charge on any atom is -0.326 e. The number of nitrogens with one attached hydrogen (secondary N) is 1. The zero-order chi connectivity index (χ0) is 14.6. The van der Waals surface area contributed by atoms with Crippen LogP contribution in [0.15, 0.2) is 24.3 Å². The summed E-state index contributed by atoms with van der Waals surface area (Å²) in [5.74, 6) is 0.0352. The summed E-state index contributed by atoms with van der Waals surface area (Å²) in [5, 5.41) is 0. The molecule has 0 radical (unpaired) electrons. The molecule has 1 aliphatic carbocycles. The van der Waals surface area contributed by atoms with E-state index < -0.39 is 10.0 Å². The van der Waals surface area contributed by atoms with E-state index in [1.54, 1.807) is 0 Å². The Hall–Kier alpha value is -0.910. The van der Waals surface area contributed by atoms with Crippen molar-refractivity contribution in [2.45, 2.75) is 56.9 Å². The minimum atomic E-state index is -3.29. The second-order valence-electron chi connectivity index (χ2n) is 6.00. The molecule has 0 saturated heterocycles. The Kier molecular flexibility index (Phi) is 4.83. The fourth-order valence-electron chi connectivity index (χ4n) is 2.84. The Balaban J connectivity index is 2.02. The zero-order valence-corrected chi connectivity index (χ0v) is 12.9. The summed E-state index contributed by atoms with van der Waals surface area (Å²) in [4.78, 5) is 0. The Labute approximate surface area is 121 Å². The van der Waals surface area contributed by atoms with Gasteiger partial charge in [0, 0.05) is 12.1 Å². The molecule has 1 aromatic rings. The van der Waals surface area contributed by atoms with Gasteiger partial charge in [0.25, 0.3) is 0 Å². The van der Waals surface area contributed by atoms with Gasteiger partial charge in [-0.05, 0) is 30.9 Å². The summed E-state index contributed by atoms with van der Waals surface area (Å²) in [6.07, 6.45) is 5.27. The Morgan fingerprint density at radius 1 is 1.10 bits per heavy atom. The third-order valence-electron chi connectivity index (χ3n) is 3.97. The van der Waals surface area contributed by atoms with Crippen molar-refractivity contribution in [3.05, 3.63) is 35.4 Å². The quantitative estimate of drug-likeness (QED) is 0.875. The molecule has 1 aromatic carbocycles. The van der Waals surface area contributed by atoms with Gasteiger partial charge in [-0.1, -0.05) is 43.5 Å². The number of rotatable bonds is 5. The molecule has 1 fully saturated rings. The van der Waals surface area contributed by atoms with Crippen molar-refractivity contribution in [3.63, 3.8) is 0 Å². The van der Waals surface area contributed by atoms with E-state index in [1.807, 2.05) is 31.2 Å². The molecule has 3 N–H and O–H groups in total. The van der Waals surface area contributed by atoms with E-state index in [9.17, 15) is 8.42 Å². The SMILES string of the molecule is CC1(NS(=O)(=O)Cc2ccc(CN)cc2)CCCCC1. The molecule has 1 aliphatic rings. The number of hydrogen-bond donors (Lipinski definition) is 2. The van der Waals surface area contributed by atoms with Crippen molar-refractivity contribution < 1.29 is 8.42 Å². The Bertz CT molecular complexity index is 531. The summed E-state index contributed by atoms with van der Waals surface area (Å²) < 4.78 is 27.5. The largest absolute Gasteiger partial charge is 0.326 e. The standard InChI is InChI=1S/C15H24N2O2S/c1-15(9-3-2-4-10-15)17-20(18,19)12-14-7-5-13(11-16)6-8-14/h5-8,17H,2-4,9-12,16H2,1H3. The van der Waals surface area contributed by atoms with Crippen LogP contribution in [0.5, 0.6) is 0 Å². The van der Waals surface area contributed by atoms with Gasteiger partial charge in [-0.2, -0.15) is 0 Å². The molecule has 0 unspecified atom stereocenters. The molecule has 20 heavy (non-hydrogen) atoms. The number of sulfonamides is 1. The van der Waals surface area contributed by atoms with Crippen molar-refractivity contribution in [3.8, 4) is 0 Å². The first-order chi connectivity index (χ1) is 9.42. The smallest absolute Gasteiger partial charge is 0.216 e. The van der Waals surface area contributed by atoms with Crippen molar-refractivity contribution in [2.24, 2.45) is 5.73 Å². The van der Waals surface area contributed by atoms with Crippen LogP contribution in [0, 0.1) is 0 Å². The van der Waals surface area contributed by atoms with Crippen LogP contribution in [0.25, 0.3) is 0 Å². The summed E-state index contributed by atoms with van der Waals surface area (Å²) in [7, 11) is -3.29. The predicted octanol–water partition coefficient (Wildman–Crippen LogP) is 2.29. The first-order valence-electron chi connectivity index (χ1n) is 7.22. The second-order valence-corrected chi connectivity index (χ2v) is 7.73. The maximum atomic E-state index is 12.3. The third-order valence-corrected chi connectivity index (χ3v) is 5.49. The minimum absolute atomic E-state index is 0.0352. The molecule has 4 nitrogen and oxygen atoms in total. The van der Waals surface area contributed by atoms with Gasteiger partial charge in [-0.3, -0.25) is 0 Å². The third kappa shape index (κ3) is 4.30. The highest BCUT2D eigenvalue weighted by molar-refractivity contribution is 7.88. The molecule has 0 amide bonds. The van der Waals surface area contributed by atoms with Crippen molar-refractivity contribution >= 4 is 10.0 Å². The average molecular weight is 296 g/mol. The molecule has 0 aromatic heterocycles. The molecule has 112 valence electrons. The van der Waals surface area contributed by atoms with Gasteiger partial charge in [0.15, 0.2) is 0 Å². The molecule has 1 saturated carbocycles. The van der Waals surface area contributed by atoms with Gasteiger partial charge in [0.1, 0.15) is 0 Å². The molecular formula is C15H24N2O2S. The van der Waals surface area contributed by atoms with Gasteiger partial charge >= 0.3 is 0 Å². The summed E-state index contributed by atoms with van der Waals surface area (Å²) in [6.45, 7) is 2.49. The monoisotopic (exact) mass is 296 g/mol. The average Bonchev–Trinajstić information content (AvgIpc) is 2.38. The molecule has 0 bridgehead atoms. The first kappa shape index (κ1) is 15.5. The van der Waals surface area contributed by atoms with Crippen LogP contribution in [0.4, 0.5) is 0 Å². The maximum absolute atomic E-state index is 12.3. The molecule has 0 aliphatic heterocycles. The van der Waals surface area contributed by atoms with E-state index in [0.29, 0.717) is 6.54 Å². The van der Waals surface area contributed by atoms with Crippen LogP contribution in [0.3, 0.4) is 0 Å². The van der Waals surface area contributed by atoms with Crippen LogP contribution in [-0.2, 0) is 22.3 Å². The van der Waals surface area contributed by atoms with Crippen LogP contribution >= 0.6 is 0 Å². The highest BCUT2D eigenvalue weighted by Gasteiger charge is 2.31. The molecule has 0 atom stereocenters. The molecule has 0 heterocycles. The lowest BCUT2D eigenvalue weighted by atomic mass is 9.84. The fourth-order valence-corrected chi connectivity index (χ4v) is 4.50. The maximum Gasteiger partial charge on any atom is 0.216 e. The summed E-state index contributed by atoms with van der Waals surface area (Å²) >= 11 is 0. The lowest BCUT2D eigenvalue weighted by Gasteiger charge is -2.34. The van der Waals surface area contributed by atoms with Gasteiger partial charge in [0.2, 0.25) is 10.0 Å².